The van der Waals surface area contributed by atoms with Crippen LogP contribution in [-0.4, -0.2) is 52.9 Å². The maximum absolute atomic E-state index is 12.5. The zero-order valence-electron chi connectivity index (χ0n) is 18.6. The number of aromatic nitrogens is 1. The highest BCUT2D eigenvalue weighted by atomic mass is 35.5. The van der Waals surface area contributed by atoms with Gasteiger partial charge in [-0.15, -0.1) is 0 Å². The Morgan fingerprint density at radius 2 is 1.61 bits per heavy atom. The number of halogens is 2. The first kappa shape index (κ1) is 26.5. The highest BCUT2D eigenvalue weighted by molar-refractivity contribution is 6.39. The fourth-order valence-electron chi connectivity index (χ4n) is 3.01. The molecule has 5 N–H and O–H groups in total. The Morgan fingerprint density at radius 1 is 0.889 bits per heavy atom. The highest BCUT2D eigenvalue weighted by Crippen LogP contribution is 2.24. The molecule has 1 atom stereocenters. The minimum Gasteiger partial charge on any atom is -0.480 e. The van der Waals surface area contributed by atoms with E-state index in [2.05, 4.69) is 26.3 Å². The smallest absolute Gasteiger partial charge is 0.328 e. The fraction of sp³-hybridized carbons (Fsp3) is 0.125. The first-order valence-electron chi connectivity index (χ1n) is 10.6. The Labute approximate surface area is 216 Å². The summed E-state index contributed by atoms with van der Waals surface area (Å²) in [7, 11) is 0. The quantitative estimate of drug-likeness (QED) is 0.271. The molecule has 186 valence electrons. The summed E-state index contributed by atoms with van der Waals surface area (Å²) in [6, 6.07) is 14.9. The van der Waals surface area contributed by atoms with E-state index in [1.165, 1.54) is 18.2 Å². The summed E-state index contributed by atoms with van der Waals surface area (Å²) in [5.74, 6) is -2.74. The van der Waals surface area contributed by atoms with Crippen molar-refractivity contribution in [2.75, 3.05) is 18.4 Å². The molecular weight excluding hydrogens is 509 g/mol. The molecule has 0 radical (unpaired) electrons. The van der Waals surface area contributed by atoms with Gasteiger partial charge in [-0.2, -0.15) is 0 Å². The minimum absolute atomic E-state index is 0.0511. The van der Waals surface area contributed by atoms with Crippen LogP contribution in [0.1, 0.15) is 20.7 Å². The summed E-state index contributed by atoms with van der Waals surface area (Å²) in [5.41, 5.74) is 0.853. The maximum atomic E-state index is 12.5. The summed E-state index contributed by atoms with van der Waals surface area (Å²) in [5, 5.41) is 19.7. The second kappa shape index (κ2) is 12.5. The monoisotopic (exact) mass is 529 g/mol. The predicted molar refractivity (Wildman–Crippen MR) is 135 cm³/mol. The van der Waals surface area contributed by atoms with Crippen molar-refractivity contribution in [3.8, 4) is 0 Å². The van der Waals surface area contributed by atoms with E-state index < -0.39 is 42.8 Å². The average Bonchev–Trinajstić information content (AvgIpc) is 2.85. The molecule has 10 nitrogen and oxygen atoms in total. The van der Waals surface area contributed by atoms with Gasteiger partial charge in [-0.1, -0.05) is 41.4 Å². The number of amides is 3. The number of carbonyl (C=O) groups is 4. The molecule has 0 aliphatic carbocycles. The van der Waals surface area contributed by atoms with E-state index >= 15 is 0 Å². The van der Waals surface area contributed by atoms with Gasteiger partial charge in [0.2, 0.25) is 5.91 Å². The first-order chi connectivity index (χ1) is 17.2. The molecule has 12 heteroatoms. The van der Waals surface area contributed by atoms with Gasteiger partial charge in [0.25, 0.3) is 11.8 Å². The summed E-state index contributed by atoms with van der Waals surface area (Å²) < 4.78 is 0. The third-order valence-corrected chi connectivity index (χ3v) is 5.40. The standard InChI is InChI=1S/C24H21Cl2N5O5/c25-16-7-4-8-17(26)21(16)23(34)31-18(24(35)36)12-28-20(32)13-29-22(33)14-5-3-6-15(11-14)30-19-9-1-2-10-27-19/h1-11,18H,12-13H2,(H,27,30)(H,28,32)(H,29,33)(H,31,34)(H,35,36). The van der Waals surface area contributed by atoms with Crippen LogP contribution in [0.15, 0.2) is 66.9 Å². The number of benzene rings is 2. The normalized spacial score (nSPS) is 11.2. The molecular formula is C24H21Cl2N5O5. The Hall–Kier alpha value is -4.15. The number of anilines is 2. The molecule has 0 saturated heterocycles. The molecule has 0 aliphatic heterocycles. The number of nitrogens with one attached hydrogen (secondary N) is 4. The van der Waals surface area contributed by atoms with Crippen molar-refractivity contribution < 1.29 is 24.3 Å². The van der Waals surface area contributed by atoms with Crippen LogP contribution >= 0.6 is 23.2 Å². The lowest BCUT2D eigenvalue weighted by atomic mass is 10.2. The van der Waals surface area contributed by atoms with Crippen molar-refractivity contribution in [2.24, 2.45) is 0 Å². The van der Waals surface area contributed by atoms with Gasteiger partial charge in [-0.05, 0) is 42.5 Å². The Balaban J connectivity index is 1.51. The minimum atomic E-state index is -1.46. The van der Waals surface area contributed by atoms with E-state index in [9.17, 15) is 24.3 Å². The molecule has 36 heavy (non-hydrogen) atoms. The number of carboxylic acid groups (broad SMARTS) is 1. The molecule has 0 saturated carbocycles. The van der Waals surface area contributed by atoms with E-state index in [1.807, 2.05) is 6.07 Å². The van der Waals surface area contributed by atoms with Crippen LogP contribution in [0.4, 0.5) is 11.5 Å². The second-order valence-corrected chi connectivity index (χ2v) is 8.18. The average molecular weight is 530 g/mol. The first-order valence-corrected chi connectivity index (χ1v) is 11.3. The summed E-state index contributed by atoms with van der Waals surface area (Å²) >= 11 is 12.0. The van der Waals surface area contributed by atoms with E-state index in [0.29, 0.717) is 17.1 Å². The number of carbonyl (C=O) groups excluding carboxylic acids is 3. The molecule has 3 rings (SSSR count). The molecule has 0 spiro atoms. The van der Waals surface area contributed by atoms with E-state index in [-0.39, 0.29) is 15.6 Å². The SMILES string of the molecule is O=C(CNC(=O)c1cccc(Nc2ccccn2)c1)NCC(NC(=O)c1c(Cl)cccc1Cl)C(=O)O. The molecule has 3 amide bonds. The van der Waals surface area contributed by atoms with Crippen molar-refractivity contribution in [2.45, 2.75) is 6.04 Å². The van der Waals surface area contributed by atoms with Crippen molar-refractivity contribution >= 4 is 58.4 Å². The van der Waals surface area contributed by atoms with Gasteiger partial charge < -0.3 is 26.4 Å². The lowest BCUT2D eigenvalue weighted by molar-refractivity contribution is -0.139. The Morgan fingerprint density at radius 3 is 2.28 bits per heavy atom. The van der Waals surface area contributed by atoms with Gasteiger partial charge in [0.15, 0.2) is 0 Å². The number of pyridine rings is 1. The topological polar surface area (TPSA) is 150 Å². The lowest BCUT2D eigenvalue weighted by Crippen LogP contribution is -2.50. The van der Waals surface area contributed by atoms with E-state index in [4.69, 9.17) is 23.2 Å². The number of hydrogen-bond acceptors (Lipinski definition) is 6. The molecule has 0 fully saturated rings. The van der Waals surface area contributed by atoms with Gasteiger partial charge in [0, 0.05) is 24.0 Å². The third-order valence-electron chi connectivity index (χ3n) is 4.77. The summed E-state index contributed by atoms with van der Waals surface area (Å²) in [4.78, 5) is 52.8. The molecule has 0 bridgehead atoms. The van der Waals surface area contributed by atoms with Gasteiger partial charge in [0.1, 0.15) is 11.9 Å². The zero-order chi connectivity index (χ0) is 26.1. The van der Waals surface area contributed by atoms with Crippen LogP contribution in [0.2, 0.25) is 10.0 Å². The number of hydrogen-bond donors (Lipinski definition) is 5. The number of carboxylic acids is 1. The zero-order valence-corrected chi connectivity index (χ0v) is 20.1. The molecule has 3 aromatic rings. The van der Waals surface area contributed by atoms with E-state index in [0.717, 1.165) is 0 Å². The number of aliphatic carboxylic acids is 1. The van der Waals surface area contributed by atoms with Crippen molar-refractivity contribution in [1.82, 2.24) is 20.9 Å². The second-order valence-electron chi connectivity index (χ2n) is 7.37. The molecule has 1 unspecified atom stereocenters. The lowest BCUT2D eigenvalue weighted by Gasteiger charge is -2.16. The van der Waals surface area contributed by atoms with Crippen LogP contribution in [0.3, 0.4) is 0 Å². The number of rotatable bonds is 10. The molecule has 1 aromatic heterocycles. The van der Waals surface area contributed by atoms with Gasteiger partial charge in [-0.25, -0.2) is 9.78 Å². The number of nitrogens with zero attached hydrogens (tertiary/aromatic N) is 1. The third kappa shape index (κ3) is 7.42. The molecule has 1 heterocycles. The van der Waals surface area contributed by atoms with Crippen LogP contribution in [0, 0.1) is 0 Å². The van der Waals surface area contributed by atoms with Crippen LogP contribution < -0.4 is 21.3 Å². The summed E-state index contributed by atoms with van der Waals surface area (Å²) in [6.45, 7) is -0.839. The van der Waals surface area contributed by atoms with Gasteiger partial charge >= 0.3 is 5.97 Å². The molecule has 2 aromatic carbocycles. The van der Waals surface area contributed by atoms with Crippen LogP contribution in [0.5, 0.6) is 0 Å². The van der Waals surface area contributed by atoms with Crippen LogP contribution in [-0.2, 0) is 9.59 Å². The van der Waals surface area contributed by atoms with Crippen molar-refractivity contribution in [3.63, 3.8) is 0 Å². The van der Waals surface area contributed by atoms with Crippen molar-refractivity contribution in [3.05, 3.63) is 88.0 Å². The van der Waals surface area contributed by atoms with Gasteiger partial charge in [0.05, 0.1) is 22.2 Å². The highest BCUT2D eigenvalue weighted by Gasteiger charge is 2.24. The summed E-state index contributed by atoms with van der Waals surface area (Å²) in [6.07, 6.45) is 1.63. The largest absolute Gasteiger partial charge is 0.480 e. The fourth-order valence-corrected chi connectivity index (χ4v) is 3.58. The van der Waals surface area contributed by atoms with Gasteiger partial charge in [-0.3, -0.25) is 14.4 Å². The van der Waals surface area contributed by atoms with Crippen molar-refractivity contribution in [1.29, 1.82) is 0 Å². The van der Waals surface area contributed by atoms with Crippen LogP contribution in [0.25, 0.3) is 0 Å². The Bertz CT molecular complexity index is 1250. The maximum Gasteiger partial charge on any atom is 0.328 e. The molecule has 0 aliphatic rings. The predicted octanol–water partition coefficient (Wildman–Crippen LogP) is 2.86. The Kier molecular flexibility index (Phi) is 9.20. The van der Waals surface area contributed by atoms with E-state index in [1.54, 1.807) is 42.6 Å².